The van der Waals surface area contributed by atoms with Crippen molar-refractivity contribution in [2.45, 2.75) is 104 Å². The van der Waals surface area contributed by atoms with Gasteiger partial charge in [-0.1, -0.05) is 78.5 Å². The van der Waals surface area contributed by atoms with Crippen LogP contribution in [0.25, 0.3) is 0 Å². The van der Waals surface area contributed by atoms with Crippen molar-refractivity contribution in [3.8, 4) is 0 Å². The number of anilines is 1. The van der Waals surface area contributed by atoms with Gasteiger partial charge in [0, 0.05) is 5.69 Å². The number of rotatable bonds is 10. The number of nitrogens with one attached hydrogen (secondary N) is 1. The molecule has 0 aromatic heterocycles. The van der Waals surface area contributed by atoms with E-state index in [1.807, 2.05) is 6.07 Å². The van der Waals surface area contributed by atoms with Crippen molar-refractivity contribution in [1.29, 1.82) is 0 Å². The maximum Gasteiger partial charge on any atom is 0.318 e. The van der Waals surface area contributed by atoms with Gasteiger partial charge in [-0.3, -0.25) is 9.59 Å². The summed E-state index contributed by atoms with van der Waals surface area (Å²) in [5.41, 5.74) is 3.09. The summed E-state index contributed by atoms with van der Waals surface area (Å²) in [5, 5.41) is 3.08. The summed E-state index contributed by atoms with van der Waals surface area (Å²) >= 11 is 0. The summed E-state index contributed by atoms with van der Waals surface area (Å²) in [7, 11) is 0. The Labute approximate surface area is 176 Å². The summed E-state index contributed by atoms with van der Waals surface area (Å²) in [6.45, 7) is 10.7. The molecule has 1 fully saturated rings. The highest BCUT2D eigenvalue weighted by atomic mass is 16.5. The molecule has 1 amide bonds. The van der Waals surface area contributed by atoms with E-state index in [0.717, 1.165) is 36.1 Å². The van der Waals surface area contributed by atoms with Gasteiger partial charge in [0.1, 0.15) is 12.0 Å². The Bertz CT molecular complexity index is 654. The van der Waals surface area contributed by atoms with Gasteiger partial charge >= 0.3 is 5.97 Å². The molecule has 1 aromatic rings. The van der Waals surface area contributed by atoms with Crippen LogP contribution in [0.2, 0.25) is 0 Å². The van der Waals surface area contributed by atoms with Crippen LogP contribution in [-0.4, -0.2) is 18.0 Å². The van der Waals surface area contributed by atoms with Crippen LogP contribution in [0.15, 0.2) is 18.2 Å². The number of benzene rings is 1. The van der Waals surface area contributed by atoms with Crippen LogP contribution in [0.3, 0.4) is 0 Å². The van der Waals surface area contributed by atoms with Crippen molar-refractivity contribution in [2.24, 2.45) is 5.92 Å². The largest absolute Gasteiger partial charge is 0.462 e. The monoisotopic (exact) mass is 401 g/mol. The van der Waals surface area contributed by atoms with Gasteiger partial charge in [0.05, 0.1) is 0 Å². The molecule has 1 heterocycles. The van der Waals surface area contributed by atoms with Crippen LogP contribution in [0.5, 0.6) is 0 Å². The van der Waals surface area contributed by atoms with Crippen molar-refractivity contribution in [1.82, 2.24) is 0 Å². The number of carbonyl (C=O) groups excluding carboxylic acids is 2. The fraction of sp³-hybridized carbons (Fsp3) is 0.680. The third-order valence-corrected chi connectivity index (χ3v) is 5.91. The molecular weight excluding hydrogens is 362 g/mol. The molecule has 1 aliphatic heterocycles. The Morgan fingerprint density at radius 3 is 2.21 bits per heavy atom. The third kappa shape index (κ3) is 6.58. The first kappa shape index (κ1) is 23.4. The maximum absolute atomic E-state index is 13.0. The second kappa shape index (κ2) is 11.4. The number of ether oxygens (including phenoxy) is 1. The predicted molar refractivity (Wildman–Crippen MR) is 119 cm³/mol. The highest BCUT2D eigenvalue weighted by molar-refractivity contribution is 6.05. The van der Waals surface area contributed by atoms with E-state index in [1.54, 1.807) is 0 Å². The number of amides is 1. The molecule has 2 rings (SSSR count). The number of cyclic esters (lactones) is 1. The Morgan fingerprint density at radius 1 is 1.03 bits per heavy atom. The minimum atomic E-state index is -0.702. The number of carbonyl (C=O) groups is 2. The Hall–Kier alpha value is -1.84. The van der Waals surface area contributed by atoms with E-state index < -0.39 is 5.92 Å². The van der Waals surface area contributed by atoms with E-state index in [9.17, 15) is 9.59 Å². The fourth-order valence-electron chi connectivity index (χ4n) is 4.10. The van der Waals surface area contributed by atoms with Crippen molar-refractivity contribution in [3.05, 3.63) is 29.3 Å². The molecule has 1 aliphatic rings. The summed E-state index contributed by atoms with van der Waals surface area (Å²) < 4.78 is 5.62. The van der Waals surface area contributed by atoms with Crippen molar-refractivity contribution < 1.29 is 14.3 Å². The molecule has 0 saturated carbocycles. The number of para-hydroxylation sites is 1. The molecule has 4 nitrogen and oxygen atoms in total. The molecule has 29 heavy (non-hydrogen) atoms. The lowest BCUT2D eigenvalue weighted by atomic mass is 9.91. The van der Waals surface area contributed by atoms with Gasteiger partial charge in [-0.15, -0.1) is 0 Å². The standard InChI is InChI=1S/C25H39NO3/c1-6-7-8-9-10-12-19-15-16-22(25(28)29-19)24(27)26-23-20(17(2)3)13-11-14-21(23)18(4)5/h11,13-14,17-19,22H,6-10,12,15-16H2,1-5H3,(H,26,27). The molecule has 1 N–H and O–H groups in total. The van der Waals surface area contributed by atoms with E-state index in [0.29, 0.717) is 18.3 Å². The minimum absolute atomic E-state index is 0.0256. The SMILES string of the molecule is CCCCCCCC1CCC(C(=O)Nc2c(C(C)C)cccc2C(C)C)C(=O)O1. The van der Waals surface area contributed by atoms with Crippen LogP contribution in [0, 0.1) is 5.92 Å². The number of hydrogen-bond donors (Lipinski definition) is 1. The van der Waals surface area contributed by atoms with Gasteiger partial charge in [0.2, 0.25) is 5.91 Å². The van der Waals surface area contributed by atoms with Crippen molar-refractivity contribution in [2.75, 3.05) is 5.32 Å². The topological polar surface area (TPSA) is 55.4 Å². The van der Waals surface area contributed by atoms with Gasteiger partial charge in [-0.05, 0) is 48.6 Å². The fourth-order valence-corrected chi connectivity index (χ4v) is 4.10. The van der Waals surface area contributed by atoms with Crippen molar-refractivity contribution >= 4 is 17.6 Å². The second-order valence-electron chi connectivity index (χ2n) is 9.00. The first-order chi connectivity index (χ1) is 13.8. The summed E-state index contributed by atoms with van der Waals surface area (Å²) in [6.07, 6.45) is 8.27. The smallest absolute Gasteiger partial charge is 0.318 e. The number of unbranched alkanes of at least 4 members (excludes halogenated alkanes) is 4. The average molecular weight is 402 g/mol. The zero-order valence-electron chi connectivity index (χ0n) is 18.9. The van der Waals surface area contributed by atoms with Crippen LogP contribution in [-0.2, 0) is 14.3 Å². The lowest BCUT2D eigenvalue weighted by Gasteiger charge is -2.28. The molecule has 0 spiro atoms. The molecule has 1 aromatic carbocycles. The normalized spacial score (nSPS) is 19.5. The van der Waals surface area contributed by atoms with E-state index in [1.165, 1.54) is 25.7 Å². The van der Waals surface area contributed by atoms with E-state index in [-0.39, 0.29) is 18.0 Å². The van der Waals surface area contributed by atoms with Gasteiger partial charge < -0.3 is 10.1 Å². The highest BCUT2D eigenvalue weighted by Crippen LogP contribution is 2.33. The first-order valence-corrected chi connectivity index (χ1v) is 11.5. The molecule has 2 unspecified atom stereocenters. The van der Waals surface area contributed by atoms with Crippen LogP contribution < -0.4 is 5.32 Å². The van der Waals surface area contributed by atoms with E-state index >= 15 is 0 Å². The first-order valence-electron chi connectivity index (χ1n) is 11.5. The lowest BCUT2D eigenvalue weighted by molar-refractivity contribution is -0.162. The molecule has 162 valence electrons. The van der Waals surface area contributed by atoms with Crippen molar-refractivity contribution in [3.63, 3.8) is 0 Å². The zero-order chi connectivity index (χ0) is 21.4. The van der Waals surface area contributed by atoms with Crippen LogP contribution in [0.4, 0.5) is 5.69 Å². The van der Waals surface area contributed by atoms with Gasteiger partial charge in [0.25, 0.3) is 0 Å². The Balaban J connectivity index is 1.98. The molecule has 1 saturated heterocycles. The molecule has 4 heteroatoms. The van der Waals surface area contributed by atoms with Gasteiger partial charge in [-0.25, -0.2) is 0 Å². The minimum Gasteiger partial charge on any atom is -0.462 e. The summed E-state index contributed by atoms with van der Waals surface area (Å²) in [6, 6.07) is 6.15. The second-order valence-corrected chi connectivity index (χ2v) is 9.00. The van der Waals surface area contributed by atoms with Crippen LogP contribution >= 0.6 is 0 Å². The number of hydrogen-bond acceptors (Lipinski definition) is 3. The third-order valence-electron chi connectivity index (χ3n) is 5.91. The zero-order valence-corrected chi connectivity index (χ0v) is 18.9. The molecule has 0 aliphatic carbocycles. The Kier molecular flexibility index (Phi) is 9.19. The highest BCUT2D eigenvalue weighted by Gasteiger charge is 2.35. The van der Waals surface area contributed by atoms with Gasteiger partial charge in [0.15, 0.2) is 0 Å². The van der Waals surface area contributed by atoms with Gasteiger partial charge in [-0.2, -0.15) is 0 Å². The Morgan fingerprint density at radius 2 is 1.66 bits per heavy atom. The summed E-state index contributed by atoms with van der Waals surface area (Å²) in [4.78, 5) is 25.5. The molecular formula is C25H39NO3. The molecule has 0 radical (unpaired) electrons. The van der Waals surface area contributed by atoms with E-state index in [2.05, 4.69) is 52.1 Å². The van der Waals surface area contributed by atoms with E-state index in [4.69, 9.17) is 4.74 Å². The maximum atomic E-state index is 13.0. The lowest BCUT2D eigenvalue weighted by Crippen LogP contribution is -2.38. The quantitative estimate of drug-likeness (QED) is 0.274. The summed E-state index contributed by atoms with van der Waals surface area (Å²) in [5.74, 6) is -0.711. The molecule has 2 atom stereocenters. The average Bonchev–Trinajstić information content (AvgIpc) is 2.67. The van der Waals surface area contributed by atoms with Crippen LogP contribution in [0.1, 0.15) is 109 Å². The number of esters is 1. The predicted octanol–water partition coefficient (Wildman–Crippen LogP) is 6.55. The molecule has 0 bridgehead atoms.